The van der Waals surface area contributed by atoms with E-state index in [0.29, 0.717) is 27.9 Å². The zero-order valence-electron chi connectivity index (χ0n) is 24.8. The van der Waals surface area contributed by atoms with Crippen molar-refractivity contribution in [1.29, 1.82) is 0 Å². The fourth-order valence-corrected chi connectivity index (χ4v) is 6.14. The average Bonchev–Trinajstić information content (AvgIpc) is 3.81. The molecule has 8 nitrogen and oxygen atoms in total. The number of nitrogens with zero attached hydrogens (tertiary/aromatic N) is 1. The number of benzene rings is 4. The summed E-state index contributed by atoms with van der Waals surface area (Å²) >= 11 is 2.74. The van der Waals surface area contributed by atoms with E-state index in [1.807, 2.05) is 84.9 Å². The van der Waals surface area contributed by atoms with Crippen LogP contribution < -0.4 is 16.0 Å². The lowest BCUT2D eigenvalue weighted by atomic mass is 10.1. The Bertz CT molecular complexity index is 1980. The normalized spacial score (nSPS) is 11.8. The summed E-state index contributed by atoms with van der Waals surface area (Å²) in [5.41, 5.74) is 2.66. The standard InChI is InChI=1S/C37H28N4O4S2/c42-34(27-14-8-3-9-15-27)40-31(24-29-18-21-32(45-29)25-10-4-1-5-11-25)35(43)39-28-16-19-30(20-17-28)47-33(26-12-6-2-7-13-26)36(44)41-37-38-22-23-46-37/h1-24,33H,(H,39,43)(H,40,42)(H,38,41,44)/b31-24-/t33-/m0/s1. The Labute approximate surface area is 279 Å². The average molecular weight is 657 g/mol. The first kappa shape index (κ1) is 31.3. The molecule has 232 valence electrons. The Kier molecular flexibility index (Phi) is 10.0. The van der Waals surface area contributed by atoms with E-state index >= 15 is 0 Å². The number of carbonyl (C=O) groups excluding carboxylic acids is 3. The van der Waals surface area contributed by atoms with Crippen molar-refractivity contribution in [2.75, 3.05) is 10.6 Å². The number of amides is 3. The first-order valence-corrected chi connectivity index (χ1v) is 16.3. The zero-order chi connectivity index (χ0) is 32.4. The summed E-state index contributed by atoms with van der Waals surface area (Å²) in [4.78, 5) is 44.8. The molecule has 0 spiro atoms. The van der Waals surface area contributed by atoms with Gasteiger partial charge in [-0.3, -0.25) is 14.4 Å². The number of aromatic nitrogens is 1. The topological polar surface area (TPSA) is 113 Å². The first-order valence-electron chi connectivity index (χ1n) is 14.6. The number of anilines is 2. The fraction of sp³-hybridized carbons (Fsp3) is 0.0270. The lowest BCUT2D eigenvalue weighted by Gasteiger charge is -2.16. The maximum Gasteiger partial charge on any atom is 0.272 e. The Morgan fingerprint density at radius 3 is 2.13 bits per heavy atom. The van der Waals surface area contributed by atoms with E-state index in [2.05, 4.69) is 20.9 Å². The van der Waals surface area contributed by atoms with Gasteiger partial charge in [-0.1, -0.05) is 78.9 Å². The van der Waals surface area contributed by atoms with Gasteiger partial charge in [0.25, 0.3) is 11.8 Å². The minimum absolute atomic E-state index is 0.00858. The Balaban J connectivity index is 1.20. The van der Waals surface area contributed by atoms with Gasteiger partial charge in [-0.2, -0.15) is 0 Å². The van der Waals surface area contributed by atoms with E-state index in [-0.39, 0.29) is 11.6 Å². The summed E-state index contributed by atoms with van der Waals surface area (Å²) in [7, 11) is 0. The van der Waals surface area contributed by atoms with Gasteiger partial charge in [0.15, 0.2) is 5.13 Å². The van der Waals surface area contributed by atoms with Crippen LogP contribution in [-0.2, 0) is 9.59 Å². The highest BCUT2D eigenvalue weighted by Gasteiger charge is 2.23. The molecule has 0 aliphatic carbocycles. The molecule has 1 atom stereocenters. The predicted octanol–water partition coefficient (Wildman–Crippen LogP) is 8.28. The summed E-state index contributed by atoms with van der Waals surface area (Å²) in [6.07, 6.45) is 3.14. The highest BCUT2D eigenvalue weighted by molar-refractivity contribution is 8.00. The van der Waals surface area contributed by atoms with Gasteiger partial charge in [-0.15, -0.1) is 23.1 Å². The molecule has 0 saturated heterocycles. The molecule has 0 aliphatic rings. The molecule has 0 bridgehead atoms. The van der Waals surface area contributed by atoms with E-state index in [9.17, 15) is 14.4 Å². The lowest BCUT2D eigenvalue weighted by molar-refractivity contribution is -0.116. The quantitative estimate of drug-likeness (QED) is 0.0956. The van der Waals surface area contributed by atoms with E-state index < -0.39 is 17.1 Å². The molecule has 0 unspecified atom stereocenters. The van der Waals surface area contributed by atoms with Crippen LogP contribution in [0, 0.1) is 0 Å². The second-order valence-corrected chi connectivity index (χ2v) is 12.2. The highest BCUT2D eigenvalue weighted by atomic mass is 32.2. The molecule has 6 rings (SSSR count). The van der Waals surface area contributed by atoms with Gasteiger partial charge in [0.1, 0.15) is 22.5 Å². The molecule has 0 aliphatic heterocycles. The molecule has 3 N–H and O–H groups in total. The third-order valence-electron chi connectivity index (χ3n) is 6.87. The molecule has 10 heteroatoms. The number of carbonyl (C=O) groups is 3. The number of thioether (sulfide) groups is 1. The van der Waals surface area contributed by atoms with Gasteiger partial charge in [0, 0.05) is 39.4 Å². The first-order chi connectivity index (χ1) is 23.0. The van der Waals surface area contributed by atoms with Crippen LogP contribution in [0.4, 0.5) is 10.8 Å². The van der Waals surface area contributed by atoms with Crippen molar-refractivity contribution in [1.82, 2.24) is 10.3 Å². The van der Waals surface area contributed by atoms with Gasteiger partial charge >= 0.3 is 0 Å². The van der Waals surface area contributed by atoms with Gasteiger partial charge in [-0.05, 0) is 54.1 Å². The second-order valence-electron chi connectivity index (χ2n) is 10.2. The molecule has 0 fully saturated rings. The van der Waals surface area contributed by atoms with Crippen molar-refractivity contribution in [3.05, 3.63) is 162 Å². The summed E-state index contributed by atoms with van der Waals surface area (Å²) in [6.45, 7) is 0. The summed E-state index contributed by atoms with van der Waals surface area (Å²) in [5, 5.41) is 10.3. The van der Waals surface area contributed by atoms with Gasteiger partial charge < -0.3 is 20.4 Å². The van der Waals surface area contributed by atoms with Gasteiger partial charge in [-0.25, -0.2) is 4.98 Å². The smallest absolute Gasteiger partial charge is 0.272 e. The Morgan fingerprint density at radius 1 is 0.766 bits per heavy atom. The molecule has 4 aromatic carbocycles. The van der Waals surface area contributed by atoms with Gasteiger partial charge in [0.2, 0.25) is 5.91 Å². The Morgan fingerprint density at radius 2 is 1.45 bits per heavy atom. The summed E-state index contributed by atoms with van der Waals surface area (Å²) in [6, 6.07) is 38.5. The van der Waals surface area contributed by atoms with Crippen LogP contribution in [-0.4, -0.2) is 22.7 Å². The third-order valence-corrected chi connectivity index (χ3v) is 8.82. The minimum Gasteiger partial charge on any atom is -0.457 e. The maximum absolute atomic E-state index is 13.6. The van der Waals surface area contributed by atoms with E-state index in [0.717, 1.165) is 16.0 Å². The van der Waals surface area contributed by atoms with Crippen molar-refractivity contribution < 1.29 is 18.8 Å². The van der Waals surface area contributed by atoms with E-state index in [1.54, 1.807) is 54.0 Å². The van der Waals surface area contributed by atoms with Crippen LogP contribution in [0.25, 0.3) is 17.4 Å². The van der Waals surface area contributed by atoms with Crippen molar-refractivity contribution in [3.8, 4) is 11.3 Å². The van der Waals surface area contributed by atoms with Crippen LogP contribution in [0.1, 0.15) is 26.9 Å². The van der Waals surface area contributed by atoms with E-state index in [4.69, 9.17) is 4.42 Å². The number of rotatable bonds is 11. The maximum atomic E-state index is 13.6. The molecule has 0 saturated carbocycles. The van der Waals surface area contributed by atoms with Crippen LogP contribution >= 0.6 is 23.1 Å². The minimum atomic E-state index is -0.530. The largest absolute Gasteiger partial charge is 0.457 e. The van der Waals surface area contributed by atoms with Crippen molar-refractivity contribution in [3.63, 3.8) is 0 Å². The van der Waals surface area contributed by atoms with E-state index in [1.165, 1.54) is 29.2 Å². The van der Waals surface area contributed by atoms with Crippen LogP contribution in [0.3, 0.4) is 0 Å². The van der Waals surface area contributed by atoms with Crippen LogP contribution in [0.5, 0.6) is 0 Å². The molecular formula is C37H28N4O4S2. The number of nitrogens with one attached hydrogen (secondary N) is 3. The fourth-order valence-electron chi connectivity index (χ4n) is 4.58. The highest BCUT2D eigenvalue weighted by Crippen LogP contribution is 2.37. The third kappa shape index (κ3) is 8.31. The van der Waals surface area contributed by atoms with Crippen LogP contribution in [0.15, 0.2) is 154 Å². The lowest BCUT2D eigenvalue weighted by Crippen LogP contribution is -2.30. The van der Waals surface area contributed by atoms with Gasteiger partial charge in [0.05, 0.1) is 0 Å². The summed E-state index contributed by atoms with van der Waals surface area (Å²) < 4.78 is 5.98. The molecule has 2 heterocycles. The Hall–Kier alpha value is -5.71. The molecule has 2 aromatic heterocycles. The van der Waals surface area contributed by atoms with Crippen molar-refractivity contribution in [2.45, 2.75) is 10.1 Å². The van der Waals surface area contributed by atoms with Crippen LogP contribution in [0.2, 0.25) is 0 Å². The van der Waals surface area contributed by atoms with Crippen molar-refractivity contribution >= 4 is 57.7 Å². The SMILES string of the molecule is O=C(Nc1ccc(S[C@H](C(=O)Nc2nccs2)c2ccccc2)cc1)/C(=C/c1ccc(-c2ccccc2)o1)NC(=O)c1ccccc1. The monoisotopic (exact) mass is 656 g/mol. The molecule has 3 amide bonds. The molecule has 6 aromatic rings. The number of thiazole rings is 1. The number of hydrogen-bond donors (Lipinski definition) is 3. The second kappa shape index (κ2) is 15.0. The number of hydrogen-bond acceptors (Lipinski definition) is 7. The molecular weight excluding hydrogens is 629 g/mol. The number of furan rings is 1. The molecule has 0 radical (unpaired) electrons. The summed E-state index contributed by atoms with van der Waals surface area (Å²) in [5.74, 6) is -0.120. The zero-order valence-corrected chi connectivity index (χ0v) is 26.5. The molecule has 47 heavy (non-hydrogen) atoms. The van der Waals surface area contributed by atoms with Crippen molar-refractivity contribution in [2.24, 2.45) is 0 Å². The predicted molar refractivity (Wildman–Crippen MR) is 187 cm³/mol.